The van der Waals surface area contributed by atoms with E-state index >= 15 is 9.59 Å². The summed E-state index contributed by atoms with van der Waals surface area (Å²) in [5, 5.41) is 0. The number of likely N-dealkylation sites (tertiary alicyclic amines) is 2. The fourth-order valence-electron chi connectivity index (χ4n) is 10.4. The Morgan fingerprint density at radius 1 is 0.537 bits per heavy atom. The van der Waals surface area contributed by atoms with Crippen LogP contribution in [0.3, 0.4) is 0 Å². The molecule has 4 unspecified atom stereocenters. The second kappa shape index (κ2) is 29.1. The van der Waals surface area contributed by atoms with Gasteiger partial charge in [0.05, 0.1) is 38.6 Å². The number of hydrogen-bond acceptors (Lipinski definition) is 14. The summed E-state index contributed by atoms with van der Waals surface area (Å²) in [4.78, 5) is 67.8. The SMILES string of the molecule is CC(C)COc1ccc(C(OC(=O)C(=O)OC(C(=O)N(Cc2ccc(F)cc2)C2CCN(CCC3OC[C@H](C)O3)CC2)c2ccc(OCC(C)C)cc2)C(=O)N(Cc2ccc(F)cc2)C2CCN(CCC3OC[C@H](C)O3)CC2)cc1. The molecule has 0 aromatic heterocycles. The molecule has 16 nitrogen and oxygen atoms in total. The van der Waals surface area contributed by atoms with E-state index in [1.54, 1.807) is 82.6 Å². The monoisotopic (exact) mass is 1110 g/mol. The molecule has 0 radical (unpaired) electrons. The Morgan fingerprint density at radius 2 is 0.887 bits per heavy atom. The van der Waals surface area contributed by atoms with Gasteiger partial charge in [0.1, 0.15) is 23.1 Å². The highest BCUT2D eigenvalue weighted by molar-refractivity contribution is 6.30. The van der Waals surface area contributed by atoms with Crippen LogP contribution in [-0.4, -0.2) is 146 Å². The maximum Gasteiger partial charge on any atom is 0.418 e. The second-order valence-corrected chi connectivity index (χ2v) is 22.4. The van der Waals surface area contributed by atoms with Crippen molar-refractivity contribution in [2.45, 2.75) is 142 Å². The highest BCUT2D eigenvalue weighted by atomic mass is 19.1. The zero-order valence-corrected chi connectivity index (χ0v) is 47.2. The molecular weight excluding hydrogens is 1030 g/mol. The van der Waals surface area contributed by atoms with Crippen LogP contribution >= 0.6 is 0 Å². The number of nitrogens with zero attached hydrogens (tertiary/aromatic N) is 4. The molecule has 0 saturated carbocycles. The molecule has 4 aliphatic heterocycles. The van der Waals surface area contributed by atoms with E-state index in [0.29, 0.717) is 114 Å². The number of esters is 2. The lowest BCUT2D eigenvalue weighted by atomic mass is 9.99. The summed E-state index contributed by atoms with van der Waals surface area (Å²) in [6.07, 6.45) is -0.110. The van der Waals surface area contributed by atoms with Crippen LogP contribution in [0.5, 0.6) is 11.5 Å². The van der Waals surface area contributed by atoms with Gasteiger partial charge in [-0.25, -0.2) is 18.4 Å². The fraction of sp³-hybridized carbons (Fsp3) is 0.548. The first-order chi connectivity index (χ1) is 38.5. The van der Waals surface area contributed by atoms with E-state index in [1.807, 2.05) is 41.5 Å². The number of ether oxygens (including phenoxy) is 8. The van der Waals surface area contributed by atoms with Crippen molar-refractivity contribution in [3.8, 4) is 11.5 Å². The minimum atomic E-state index is -1.66. The van der Waals surface area contributed by atoms with E-state index in [1.165, 1.54) is 24.3 Å². The molecule has 18 heteroatoms. The normalized spacial score (nSPS) is 21.1. The van der Waals surface area contributed by atoms with Crippen molar-refractivity contribution in [1.82, 2.24) is 19.6 Å². The third-order valence-corrected chi connectivity index (χ3v) is 14.9. The molecule has 8 rings (SSSR count). The quantitative estimate of drug-likeness (QED) is 0.0484. The van der Waals surface area contributed by atoms with Gasteiger partial charge < -0.3 is 57.5 Å². The van der Waals surface area contributed by atoms with Crippen LogP contribution in [0.1, 0.15) is 115 Å². The van der Waals surface area contributed by atoms with E-state index in [9.17, 15) is 18.4 Å². The van der Waals surface area contributed by atoms with Crippen molar-refractivity contribution < 1.29 is 65.9 Å². The van der Waals surface area contributed by atoms with E-state index in [2.05, 4.69) is 9.80 Å². The predicted molar refractivity (Wildman–Crippen MR) is 294 cm³/mol. The lowest BCUT2D eigenvalue weighted by Crippen LogP contribution is -2.50. The van der Waals surface area contributed by atoms with Gasteiger partial charge in [-0.2, -0.15) is 0 Å². The highest BCUT2D eigenvalue weighted by Gasteiger charge is 2.41. The fourth-order valence-corrected chi connectivity index (χ4v) is 10.4. The first kappa shape index (κ1) is 60.1. The van der Waals surface area contributed by atoms with Crippen LogP contribution < -0.4 is 9.47 Å². The number of hydrogen-bond donors (Lipinski definition) is 0. The Morgan fingerprint density at radius 3 is 1.20 bits per heavy atom. The van der Waals surface area contributed by atoms with Gasteiger partial charge in [0.25, 0.3) is 11.8 Å². The van der Waals surface area contributed by atoms with E-state index in [4.69, 9.17) is 37.9 Å². The smallest absolute Gasteiger partial charge is 0.418 e. The first-order valence-corrected chi connectivity index (χ1v) is 28.5. The molecule has 80 heavy (non-hydrogen) atoms. The molecule has 6 atom stereocenters. The van der Waals surface area contributed by atoms with Gasteiger partial charge in [-0.15, -0.1) is 0 Å². The van der Waals surface area contributed by atoms with Crippen LogP contribution in [0, 0.1) is 23.5 Å². The molecule has 0 N–H and O–H groups in total. The van der Waals surface area contributed by atoms with E-state index < -0.39 is 47.6 Å². The Labute approximate surface area is 469 Å². The standard InChI is InChI=1S/C62H80F2N4O12/c1-41(2)37-73-53-19-11-47(12-20-53)57(59(69)67(35-45-7-15-49(63)16-8-45)51-23-29-65(30-24-51)33-27-55-75-39-43(5)77-55)79-61(71)62(72)80-58(48-13-21-54(22-14-48)74-38-42(3)4)60(70)68(36-46-9-17-50(64)18-10-46)52-25-31-66(32-26-52)34-28-56-76-40-44(6)78-56/h7-22,41-44,51-52,55-58H,23-40H2,1-6H3/t43-,44-,55?,56?,57?,58?/m0/s1. The number of piperidine rings is 2. The van der Waals surface area contributed by atoms with Crippen molar-refractivity contribution in [3.63, 3.8) is 0 Å². The zero-order valence-electron chi connectivity index (χ0n) is 47.2. The molecule has 4 aromatic rings. The number of carbonyl (C=O) groups excluding carboxylic acids is 4. The van der Waals surface area contributed by atoms with Crippen molar-refractivity contribution in [1.29, 1.82) is 0 Å². The number of carbonyl (C=O) groups is 4. The number of halogens is 2. The van der Waals surface area contributed by atoms with Crippen molar-refractivity contribution in [2.75, 3.05) is 65.7 Å². The minimum absolute atomic E-state index is 0.0390. The Hall–Kier alpha value is -6.02. The molecule has 4 saturated heterocycles. The van der Waals surface area contributed by atoms with Crippen molar-refractivity contribution in [3.05, 3.63) is 131 Å². The first-order valence-electron chi connectivity index (χ1n) is 28.5. The van der Waals surface area contributed by atoms with Crippen molar-refractivity contribution >= 4 is 23.8 Å². The number of amides is 2. The Bertz CT molecular complexity index is 2410. The Kier molecular flexibility index (Phi) is 21.9. The minimum Gasteiger partial charge on any atom is -0.493 e. The maximum absolute atomic E-state index is 15.4. The van der Waals surface area contributed by atoms with Gasteiger partial charge in [-0.3, -0.25) is 9.59 Å². The highest BCUT2D eigenvalue weighted by Crippen LogP contribution is 2.32. The van der Waals surface area contributed by atoms with Gasteiger partial charge in [-0.1, -0.05) is 76.2 Å². The number of rotatable bonds is 24. The molecule has 4 aromatic carbocycles. The van der Waals surface area contributed by atoms with Gasteiger partial charge in [-0.05, 0) is 111 Å². The molecule has 4 aliphatic rings. The summed E-state index contributed by atoms with van der Waals surface area (Å²) >= 11 is 0. The summed E-state index contributed by atoms with van der Waals surface area (Å²) in [7, 11) is 0. The van der Waals surface area contributed by atoms with Crippen LogP contribution in [0.25, 0.3) is 0 Å². The summed E-state index contributed by atoms with van der Waals surface area (Å²) in [5.41, 5.74) is 1.82. The van der Waals surface area contributed by atoms with Crippen molar-refractivity contribution in [2.24, 2.45) is 11.8 Å². The molecule has 434 valence electrons. The summed E-state index contributed by atoms with van der Waals surface area (Å²) in [5.74, 6) is -3.55. The Balaban J connectivity index is 1.06. The van der Waals surface area contributed by atoms with E-state index in [-0.39, 0.29) is 72.9 Å². The molecule has 0 aliphatic carbocycles. The summed E-state index contributed by atoms with van der Waals surface area (Å²) < 4.78 is 75.9. The lowest BCUT2D eigenvalue weighted by molar-refractivity contribution is -0.181. The van der Waals surface area contributed by atoms with Crippen LogP contribution in [-0.2, 0) is 60.7 Å². The van der Waals surface area contributed by atoms with Gasteiger partial charge in [0, 0.05) is 88.4 Å². The second-order valence-electron chi connectivity index (χ2n) is 22.4. The molecule has 0 bridgehead atoms. The van der Waals surface area contributed by atoms with Crippen LogP contribution in [0.4, 0.5) is 8.78 Å². The summed E-state index contributed by atoms with van der Waals surface area (Å²) in [6.45, 7) is 18.2. The van der Waals surface area contributed by atoms with Crippen LogP contribution in [0.2, 0.25) is 0 Å². The third-order valence-electron chi connectivity index (χ3n) is 14.9. The zero-order chi connectivity index (χ0) is 56.7. The summed E-state index contributed by atoms with van der Waals surface area (Å²) in [6, 6.07) is 24.3. The van der Waals surface area contributed by atoms with Gasteiger partial charge in [0.2, 0.25) is 12.2 Å². The van der Waals surface area contributed by atoms with Crippen LogP contribution in [0.15, 0.2) is 97.1 Å². The molecular formula is C62H80F2N4O12. The largest absolute Gasteiger partial charge is 0.493 e. The molecule has 4 heterocycles. The molecule has 0 spiro atoms. The lowest BCUT2D eigenvalue weighted by Gasteiger charge is -2.40. The molecule has 4 fully saturated rings. The average molecular weight is 1110 g/mol. The maximum atomic E-state index is 15.4. The average Bonchev–Trinajstić information content (AvgIpc) is 4.11. The van der Waals surface area contributed by atoms with Gasteiger partial charge >= 0.3 is 11.9 Å². The third kappa shape index (κ3) is 17.5. The molecule has 2 amide bonds. The predicted octanol–water partition coefficient (Wildman–Crippen LogP) is 9.19. The van der Waals surface area contributed by atoms with E-state index in [0.717, 1.165) is 13.1 Å². The van der Waals surface area contributed by atoms with Gasteiger partial charge in [0.15, 0.2) is 12.6 Å². The topological polar surface area (TPSA) is 155 Å². The number of benzene rings is 4.